The summed E-state index contributed by atoms with van der Waals surface area (Å²) >= 11 is 0. The largest absolute Gasteiger partial charge is 0.390 e. The zero-order valence-electron chi connectivity index (χ0n) is 13.3. The normalized spacial score (nSPS) is 45.5. The molecule has 0 aromatic carbocycles. The fourth-order valence-electron chi connectivity index (χ4n) is 6.07. The van der Waals surface area contributed by atoms with E-state index in [1.807, 2.05) is 0 Å². The van der Waals surface area contributed by atoms with Crippen LogP contribution >= 0.6 is 0 Å². The van der Waals surface area contributed by atoms with Gasteiger partial charge in [0, 0.05) is 6.20 Å². The minimum absolute atomic E-state index is 0.229. The fourth-order valence-corrected chi connectivity index (χ4v) is 6.07. The average Bonchev–Trinajstić information content (AvgIpc) is 2.92. The molecule has 5 N–H and O–H groups in total. The van der Waals surface area contributed by atoms with E-state index in [0.717, 1.165) is 32.1 Å². The highest BCUT2D eigenvalue weighted by molar-refractivity contribution is 5.91. The van der Waals surface area contributed by atoms with Crippen LogP contribution in [0.1, 0.15) is 44.9 Å². The molecule has 5 rings (SSSR count). The fraction of sp³-hybridized carbons (Fsp3) is 0.765. The number of carbonyl (C=O) groups is 2. The molecular formula is C17H25N3O3. The van der Waals surface area contributed by atoms with Crippen molar-refractivity contribution in [1.29, 1.82) is 0 Å². The third-order valence-corrected chi connectivity index (χ3v) is 6.55. The van der Waals surface area contributed by atoms with Crippen molar-refractivity contribution in [2.45, 2.75) is 62.6 Å². The van der Waals surface area contributed by atoms with Gasteiger partial charge in [0.1, 0.15) is 6.04 Å². The first kappa shape index (κ1) is 15.1. The number of hydrogen-bond donors (Lipinski definition) is 3. The summed E-state index contributed by atoms with van der Waals surface area (Å²) in [6, 6.07) is -1.30. The van der Waals surface area contributed by atoms with Gasteiger partial charge in [-0.3, -0.25) is 9.59 Å². The van der Waals surface area contributed by atoms with Gasteiger partial charge in [-0.2, -0.15) is 0 Å². The second-order valence-electron chi connectivity index (χ2n) is 8.31. The Labute approximate surface area is 135 Å². The first-order valence-electron chi connectivity index (χ1n) is 8.58. The van der Waals surface area contributed by atoms with Crippen LogP contribution < -0.4 is 11.5 Å². The molecule has 23 heavy (non-hydrogen) atoms. The third-order valence-electron chi connectivity index (χ3n) is 6.55. The summed E-state index contributed by atoms with van der Waals surface area (Å²) in [5, 5.41) is 10.8. The molecule has 4 aliphatic carbocycles. The van der Waals surface area contributed by atoms with Gasteiger partial charge in [0.05, 0.1) is 11.6 Å². The standard InChI is InChI=1S/C17H25N3O3/c18-13(15(22)20-3-1-2-12(20)14(19)21)16-5-10-4-11(6-16)8-17(23,7-10)9-16/h1,3,10-13,23H,2,4-9,18H2,(H2,19,21)/t10-,11+,12-,13+,16?,17?/m0/s1. The second kappa shape index (κ2) is 4.80. The first-order valence-corrected chi connectivity index (χ1v) is 8.58. The number of nitrogens with zero attached hydrogens (tertiary/aromatic N) is 1. The smallest absolute Gasteiger partial charge is 0.244 e. The van der Waals surface area contributed by atoms with Crippen LogP contribution in [-0.2, 0) is 9.59 Å². The van der Waals surface area contributed by atoms with E-state index in [1.165, 1.54) is 4.90 Å². The predicted octanol–water partition coefficient (Wildman–Crippen LogP) is 0.245. The van der Waals surface area contributed by atoms with Crippen LogP contribution in [0.4, 0.5) is 0 Å². The lowest BCUT2D eigenvalue weighted by molar-refractivity contribution is -0.177. The Hall–Kier alpha value is -1.40. The van der Waals surface area contributed by atoms with Gasteiger partial charge in [-0.25, -0.2) is 0 Å². The van der Waals surface area contributed by atoms with E-state index in [-0.39, 0.29) is 11.3 Å². The van der Waals surface area contributed by atoms with Crippen LogP contribution in [0.3, 0.4) is 0 Å². The Morgan fingerprint density at radius 3 is 2.43 bits per heavy atom. The van der Waals surface area contributed by atoms with Crippen molar-refractivity contribution in [3.05, 3.63) is 12.3 Å². The summed E-state index contributed by atoms with van der Waals surface area (Å²) in [5.41, 5.74) is 10.9. The highest BCUT2D eigenvalue weighted by atomic mass is 16.3. The number of primary amides is 1. The molecule has 0 aromatic heterocycles. The number of rotatable bonds is 3. The van der Waals surface area contributed by atoms with E-state index >= 15 is 0 Å². The van der Waals surface area contributed by atoms with E-state index in [4.69, 9.17) is 11.5 Å². The van der Waals surface area contributed by atoms with Crippen LogP contribution in [0.5, 0.6) is 0 Å². The van der Waals surface area contributed by atoms with Gasteiger partial charge >= 0.3 is 0 Å². The molecule has 0 aromatic rings. The first-order chi connectivity index (χ1) is 10.8. The van der Waals surface area contributed by atoms with Crippen LogP contribution in [0.25, 0.3) is 0 Å². The number of aliphatic hydroxyl groups is 1. The Morgan fingerprint density at radius 1 is 1.22 bits per heavy atom. The van der Waals surface area contributed by atoms with Crippen LogP contribution in [0.2, 0.25) is 0 Å². The summed E-state index contributed by atoms with van der Waals surface area (Å²) in [5.74, 6) is 0.218. The van der Waals surface area contributed by atoms with Gasteiger partial charge in [-0.1, -0.05) is 6.08 Å². The summed E-state index contributed by atoms with van der Waals surface area (Å²) in [7, 11) is 0. The van der Waals surface area contributed by atoms with Crippen molar-refractivity contribution >= 4 is 11.8 Å². The van der Waals surface area contributed by atoms with Crippen molar-refractivity contribution in [2.75, 3.05) is 0 Å². The van der Waals surface area contributed by atoms with E-state index in [1.54, 1.807) is 12.3 Å². The zero-order valence-corrected chi connectivity index (χ0v) is 13.3. The molecule has 1 aliphatic heterocycles. The lowest BCUT2D eigenvalue weighted by Gasteiger charge is -2.61. The summed E-state index contributed by atoms with van der Waals surface area (Å²) in [6.45, 7) is 0. The van der Waals surface area contributed by atoms with Crippen LogP contribution in [0, 0.1) is 17.3 Å². The number of carbonyl (C=O) groups excluding carboxylic acids is 2. The molecule has 6 heteroatoms. The maximum absolute atomic E-state index is 12.9. The molecule has 0 saturated heterocycles. The molecule has 2 amide bonds. The van der Waals surface area contributed by atoms with Crippen molar-refractivity contribution < 1.29 is 14.7 Å². The van der Waals surface area contributed by atoms with Crippen LogP contribution in [0.15, 0.2) is 12.3 Å². The third kappa shape index (κ3) is 2.22. The van der Waals surface area contributed by atoms with E-state index in [2.05, 4.69) is 0 Å². The van der Waals surface area contributed by atoms with Gasteiger partial charge in [-0.15, -0.1) is 0 Å². The quantitative estimate of drug-likeness (QED) is 0.692. The molecule has 6 atom stereocenters. The van der Waals surface area contributed by atoms with E-state index < -0.39 is 23.6 Å². The molecule has 5 aliphatic rings. The van der Waals surface area contributed by atoms with Crippen molar-refractivity contribution in [3.63, 3.8) is 0 Å². The number of amides is 2. The van der Waals surface area contributed by atoms with E-state index in [9.17, 15) is 14.7 Å². The topological polar surface area (TPSA) is 110 Å². The molecule has 0 radical (unpaired) electrons. The molecule has 0 spiro atoms. The maximum Gasteiger partial charge on any atom is 0.244 e. The minimum atomic E-state index is -0.676. The van der Waals surface area contributed by atoms with Crippen molar-refractivity contribution in [1.82, 2.24) is 4.90 Å². The van der Waals surface area contributed by atoms with Gasteiger partial charge in [0.15, 0.2) is 0 Å². The molecular weight excluding hydrogens is 294 g/mol. The monoisotopic (exact) mass is 319 g/mol. The molecule has 4 fully saturated rings. The Kier molecular flexibility index (Phi) is 3.16. The summed E-state index contributed by atoms with van der Waals surface area (Å²) in [6.07, 6.45) is 9.15. The molecule has 126 valence electrons. The van der Waals surface area contributed by atoms with Gasteiger partial charge in [-0.05, 0) is 62.2 Å². The van der Waals surface area contributed by atoms with E-state index in [0.29, 0.717) is 24.7 Å². The average molecular weight is 319 g/mol. The summed E-state index contributed by atoms with van der Waals surface area (Å²) in [4.78, 5) is 25.9. The van der Waals surface area contributed by atoms with Gasteiger partial charge < -0.3 is 21.5 Å². The summed E-state index contributed by atoms with van der Waals surface area (Å²) < 4.78 is 0. The lowest BCUT2D eigenvalue weighted by Crippen LogP contribution is -2.64. The van der Waals surface area contributed by atoms with Gasteiger partial charge in [0.25, 0.3) is 0 Å². The van der Waals surface area contributed by atoms with Crippen molar-refractivity contribution in [2.24, 2.45) is 28.7 Å². The lowest BCUT2D eigenvalue weighted by atomic mass is 9.46. The molecule has 2 unspecified atom stereocenters. The Balaban J connectivity index is 1.59. The Bertz CT molecular complexity index is 574. The minimum Gasteiger partial charge on any atom is -0.390 e. The highest BCUT2D eigenvalue weighted by Crippen LogP contribution is 2.62. The zero-order chi connectivity index (χ0) is 16.4. The highest BCUT2D eigenvalue weighted by Gasteiger charge is 2.60. The van der Waals surface area contributed by atoms with Gasteiger partial charge in [0.2, 0.25) is 11.8 Å². The maximum atomic E-state index is 12.9. The number of nitrogens with two attached hydrogens (primary N) is 2. The van der Waals surface area contributed by atoms with Crippen LogP contribution in [-0.4, -0.2) is 39.5 Å². The second-order valence-corrected chi connectivity index (χ2v) is 8.31. The Morgan fingerprint density at radius 2 is 1.87 bits per heavy atom. The molecule has 6 nitrogen and oxygen atoms in total. The molecule has 4 bridgehead atoms. The molecule has 1 heterocycles. The molecule has 4 saturated carbocycles. The predicted molar refractivity (Wildman–Crippen MR) is 83.6 cm³/mol. The SMILES string of the molecule is NC(=O)[C@@H]1CC=CN1C(=O)[C@@H](N)C12C[C@@H]3C[C@@H](CC(O)(C3)C1)C2. The number of hydrogen-bond acceptors (Lipinski definition) is 4. The van der Waals surface area contributed by atoms with Crippen molar-refractivity contribution in [3.8, 4) is 0 Å².